The third kappa shape index (κ3) is 4.20. The molecule has 30 heavy (non-hydrogen) atoms. The topological polar surface area (TPSA) is 101 Å². The molecule has 0 bridgehead atoms. The van der Waals surface area contributed by atoms with Gasteiger partial charge in [-0.25, -0.2) is 4.98 Å². The van der Waals surface area contributed by atoms with E-state index in [1.54, 1.807) is 4.68 Å². The zero-order valence-corrected chi connectivity index (χ0v) is 17.8. The molecule has 4 aromatic rings. The zero-order chi connectivity index (χ0) is 21.1. The first-order chi connectivity index (χ1) is 14.5. The van der Waals surface area contributed by atoms with Gasteiger partial charge in [-0.3, -0.25) is 4.79 Å². The first-order valence-electron chi connectivity index (χ1n) is 9.78. The summed E-state index contributed by atoms with van der Waals surface area (Å²) in [7, 11) is 0. The van der Waals surface area contributed by atoms with Crippen molar-refractivity contribution in [1.29, 1.82) is 0 Å². The molecule has 1 amide bonds. The molecular weight excluding hydrogens is 398 g/mol. The average Bonchev–Trinajstić information content (AvgIpc) is 3.38. The van der Waals surface area contributed by atoms with Crippen LogP contribution in [0.25, 0.3) is 16.7 Å². The van der Waals surface area contributed by atoms with Gasteiger partial charge in [-0.2, -0.15) is 4.68 Å². The fourth-order valence-electron chi connectivity index (χ4n) is 3.14. The third-order valence-corrected chi connectivity index (χ3v) is 5.79. The van der Waals surface area contributed by atoms with Crippen LogP contribution in [0.4, 0.5) is 0 Å². The van der Waals surface area contributed by atoms with Crippen molar-refractivity contribution in [3.05, 3.63) is 60.4 Å². The average molecular weight is 422 g/mol. The number of aromatic amines is 1. The maximum Gasteiger partial charge on any atom is 0.233 e. The molecule has 0 aliphatic carbocycles. The number of imidazole rings is 1. The number of hydrogen-bond acceptors (Lipinski definition) is 6. The minimum Gasteiger partial charge on any atom is -0.345 e. The molecule has 0 radical (unpaired) electrons. The van der Waals surface area contributed by atoms with Gasteiger partial charge in [0, 0.05) is 0 Å². The minimum atomic E-state index is -0.385. The van der Waals surface area contributed by atoms with Crippen molar-refractivity contribution in [2.45, 2.75) is 37.2 Å². The minimum absolute atomic E-state index is 0.0956. The standard InChI is InChI=1S/C21H23N7OS/c1-13(2)18(19-22-16-11-7-8-12-17(16)23-19)24-20(29)14(3)30-21-25-26-27-28(21)15-9-5-4-6-10-15/h4-14,18H,1-3H3,(H,22,23)(H,24,29)/t14-,18+/m1/s1. The van der Waals surface area contributed by atoms with Gasteiger partial charge in [0.15, 0.2) is 0 Å². The summed E-state index contributed by atoms with van der Waals surface area (Å²) in [6.45, 7) is 5.97. The Morgan fingerprint density at radius 3 is 2.53 bits per heavy atom. The van der Waals surface area contributed by atoms with Crippen LogP contribution in [0.15, 0.2) is 59.8 Å². The number of nitrogens with one attached hydrogen (secondary N) is 2. The summed E-state index contributed by atoms with van der Waals surface area (Å²) in [5, 5.41) is 15.2. The molecule has 2 atom stereocenters. The highest BCUT2D eigenvalue weighted by Gasteiger charge is 2.26. The summed E-state index contributed by atoms with van der Waals surface area (Å²) in [5.41, 5.74) is 2.69. The normalized spacial score (nSPS) is 13.5. The van der Waals surface area contributed by atoms with Crippen molar-refractivity contribution >= 4 is 28.7 Å². The fraction of sp³-hybridized carbons (Fsp3) is 0.286. The fourth-order valence-corrected chi connectivity index (χ4v) is 3.95. The molecule has 154 valence electrons. The molecular formula is C21H23N7OS. The van der Waals surface area contributed by atoms with E-state index in [1.165, 1.54) is 11.8 Å². The molecule has 0 unspecified atom stereocenters. The molecule has 2 aromatic heterocycles. The molecule has 0 saturated heterocycles. The Labute approximate surface area is 178 Å². The van der Waals surface area contributed by atoms with E-state index >= 15 is 0 Å². The van der Waals surface area contributed by atoms with Crippen LogP contribution in [0.2, 0.25) is 0 Å². The second-order valence-corrected chi connectivity index (χ2v) is 8.65. The van der Waals surface area contributed by atoms with Crippen LogP contribution in [-0.2, 0) is 4.79 Å². The number of tetrazole rings is 1. The lowest BCUT2D eigenvalue weighted by atomic mass is 10.0. The van der Waals surface area contributed by atoms with Crippen LogP contribution in [0.5, 0.6) is 0 Å². The van der Waals surface area contributed by atoms with Crippen LogP contribution in [0, 0.1) is 5.92 Å². The van der Waals surface area contributed by atoms with E-state index < -0.39 is 0 Å². The predicted molar refractivity (Wildman–Crippen MR) is 116 cm³/mol. The monoisotopic (exact) mass is 421 g/mol. The van der Waals surface area contributed by atoms with E-state index in [1.807, 2.05) is 61.5 Å². The van der Waals surface area contributed by atoms with Crippen LogP contribution in [0.1, 0.15) is 32.6 Å². The van der Waals surface area contributed by atoms with Crippen LogP contribution in [-0.4, -0.2) is 41.3 Å². The summed E-state index contributed by atoms with van der Waals surface area (Å²) < 4.78 is 1.63. The first kappa shape index (κ1) is 20.1. The SMILES string of the molecule is CC(C)[C@H](NC(=O)[C@@H](C)Sc1nnnn1-c1ccccc1)c1nc2ccccc2[nH]1. The van der Waals surface area contributed by atoms with Gasteiger partial charge in [0.2, 0.25) is 11.1 Å². The Morgan fingerprint density at radius 2 is 1.80 bits per heavy atom. The van der Waals surface area contributed by atoms with Crippen molar-refractivity contribution in [1.82, 2.24) is 35.5 Å². The Kier molecular flexibility index (Phi) is 5.80. The number of fused-ring (bicyclic) bond motifs is 1. The molecule has 0 fully saturated rings. The highest BCUT2D eigenvalue weighted by atomic mass is 32.2. The lowest BCUT2D eigenvalue weighted by Gasteiger charge is -2.22. The van der Waals surface area contributed by atoms with E-state index in [2.05, 4.69) is 44.7 Å². The number of H-pyrrole nitrogens is 1. The highest BCUT2D eigenvalue weighted by molar-refractivity contribution is 8.00. The second-order valence-electron chi connectivity index (χ2n) is 7.34. The number of hydrogen-bond donors (Lipinski definition) is 2. The number of benzene rings is 2. The molecule has 0 saturated carbocycles. The van der Waals surface area contributed by atoms with Gasteiger partial charge in [-0.05, 0) is 47.5 Å². The van der Waals surface area contributed by atoms with Crippen molar-refractivity contribution in [2.24, 2.45) is 5.92 Å². The molecule has 2 aromatic carbocycles. The number of carbonyl (C=O) groups excluding carboxylic acids is 1. The Morgan fingerprint density at radius 1 is 1.07 bits per heavy atom. The van der Waals surface area contributed by atoms with Crippen LogP contribution >= 0.6 is 11.8 Å². The van der Waals surface area contributed by atoms with E-state index in [9.17, 15) is 4.79 Å². The number of aromatic nitrogens is 6. The largest absolute Gasteiger partial charge is 0.345 e. The van der Waals surface area contributed by atoms with Gasteiger partial charge in [-0.15, -0.1) is 5.10 Å². The maximum atomic E-state index is 13.0. The Hall–Kier alpha value is -3.20. The van der Waals surface area contributed by atoms with Gasteiger partial charge >= 0.3 is 0 Å². The predicted octanol–water partition coefficient (Wildman–Crippen LogP) is 3.53. The molecule has 9 heteroatoms. The summed E-state index contributed by atoms with van der Waals surface area (Å²) in [6, 6.07) is 17.2. The quantitative estimate of drug-likeness (QED) is 0.443. The summed E-state index contributed by atoms with van der Waals surface area (Å²) in [5.74, 6) is 0.828. The van der Waals surface area contributed by atoms with Crippen LogP contribution in [0.3, 0.4) is 0 Å². The van der Waals surface area contributed by atoms with Gasteiger partial charge in [-0.1, -0.05) is 55.9 Å². The molecule has 8 nitrogen and oxygen atoms in total. The van der Waals surface area contributed by atoms with E-state index in [0.29, 0.717) is 5.16 Å². The number of thioether (sulfide) groups is 1. The number of nitrogens with zero attached hydrogens (tertiary/aromatic N) is 5. The molecule has 2 N–H and O–H groups in total. The molecule has 0 spiro atoms. The van der Waals surface area contributed by atoms with Gasteiger partial charge in [0.05, 0.1) is 28.0 Å². The first-order valence-corrected chi connectivity index (χ1v) is 10.7. The van der Waals surface area contributed by atoms with Gasteiger partial charge in [0.1, 0.15) is 5.82 Å². The molecule has 4 rings (SSSR count). The Bertz CT molecular complexity index is 1110. The lowest BCUT2D eigenvalue weighted by Crippen LogP contribution is -2.37. The number of amides is 1. The lowest BCUT2D eigenvalue weighted by molar-refractivity contribution is -0.121. The maximum absolute atomic E-state index is 13.0. The van der Waals surface area contributed by atoms with Gasteiger partial charge < -0.3 is 10.3 Å². The number of rotatable bonds is 7. The van der Waals surface area contributed by atoms with Crippen LogP contribution < -0.4 is 5.32 Å². The summed E-state index contributed by atoms with van der Waals surface area (Å²) in [4.78, 5) is 21.0. The van der Waals surface area contributed by atoms with Gasteiger partial charge in [0.25, 0.3) is 0 Å². The van der Waals surface area contributed by atoms with E-state index in [0.717, 1.165) is 22.5 Å². The summed E-state index contributed by atoms with van der Waals surface area (Å²) in [6.07, 6.45) is 0. The van der Waals surface area contributed by atoms with Crippen molar-refractivity contribution < 1.29 is 4.79 Å². The Balaban J connectivity index is 1.49. The number of carbonyl (C=O) groups is 1. The molecule has 2 heterocycles. The highest BCUT2D eigenvalue weighted by Crippen LogP contribution is 2.26. The van der Waals surface area contributed by atoms with Crippen molar-refractivity contribution in [3.8, 4) is 5.69 Å². The summed E-state index contributed by atoms with van der Waals surface area (Å²) >= 11 is 1.32. The number of para-hydroxylation sites is 3. The zero-order valence-electron chi connectivity index (χ0n) is 17.0. The van der Waals surface area contributed by atoms with E-state index in [4.69, 9.17) is 0 Å². The van der Waals surface area contributed by atoms with Crippen molar-refractivity contribution in [3.63, 3.8) is 0 Å². The third-order valence-electron chi connectivity index (χ3n) is 4.76. The van der Waals surface area contributed by atoms with E-state index in [-0.39, 0.29) is 23.1 Å². The second kappa shape index (κ2) is 8.66. The molecule has 0 aliphatic heterocycles. The van der Waals surface area contributed by atoms with Crippen molar-refractivity contribution in [2.75, 3.05) is 0 Å². The molecule has 0 aliphatic rings. The smallest absolute Gasteiger partial charge is 0.233 e.